The third-order valence-corrected chi connectivity index (χ3v) is 5.30. The normalized spacial score (nSPS) is 12.6. The van der Waals surface area contributed by atoms with Crippen LogP contribution in [0.3, 0.4) is 0 Å². The first-order valence-electron chi connectivity index (χ1n) is 9.71. The molecule has 28 heavy (non-hydrogen) atoms. The van der Waals surface area contributed by atoms with Gasteiger partial charge in [-0.3, -0.25) is 0 Å². The van der Waals surface area contributed by atoms with Crippen LogP contribution in [0.2, 0.25) is 0 Å². The summed E-state index contributed by atoms with van der Waals surface area (Å²) in [6.07, 6.45) is 0. The van der Waals surface area contributed by atoms with Gasteiger partial charge in [0.05, 0.1) is 0 Å². The second-order valence-corrected chi connectivity index (χ2v) is 7.20. The lowest BCUT2D eigenvalue weighted by atomic mass is 9.99. The quantitative estimate of drug-likeness (QED) is 0.370. The molecule has 0 spiro atoms. The number of fused-ring (bicyclic) bond motifs is 8. The Bertz CT molecular complexity index is 1040. The van der Waals surface area contributed by atoms with Crippen molar-refractivity contribution >= 4 is 11.4 Å². The predicted molar refractivity (Wildman–Crippen MR) is 118 cm³/mol. The van der Waals surface area contributed by atoms with Gasteiger partial charge >= 0.3 is 0 Å². The summed E-state index contributed by atoms with van der Waals surface area (Å²) >= 11 is 0. The summed E-state index contributed by atoms with van der Waals surface area (Å²) in [7, 11) is 0. The lowest BCUT2D eigenvalue weighted by molar-refractivity contribution is 1.14. The Hall–Kier alpha value is -3.52. The fraction of sp³-hybridized carbons (Fsp3) is 0.0769. The monoisotopic (exact) mass is 362 g/mol. The fourth-order valence-electron chi connectivity index (χ4n) is 3.87. The van der Waals surface area contributed by atoms with Crippen LogP contribution in [0.4, 0.5) is 11.4 Å². The predicted octanol–water partition coefficient (Wildman–Crippen LogP) is 6.56. The smallest absolute Gasteiger partial charge is 0.0422 e. The largest absolute Gasteiger partial charge is 0.380 e. The van der Waals surface area contributed by atoms with E-state index in [1.54, 1.807) is 0 Å². The molecular formula is C26H22N2. The Labute approximate surface area is 165 Å². The average Bonchev–Trinajstić information content (AvgIpc) is 2.77. The topological polar surface area (TPSA) is 24.1 Å². The van der Waals surface area contributed by atoms with Crippen molar-refractivity contribution in [3.8, 4) is 22.3 Å². The molecular weight excluding hydrogens is 340 g/mol. The first-order valence-corrected chi connectivity index (χ1v) is 9.71. The summed E-state index contributed by atoms with van der Waals surface area (Å²) in [6.45, 7) is 1.58. The molecule has 0 aromatic heterocycles. The lowest BCUT2D eigenvalue weighted by Gasteiger charge is -2.17. The zero-order valence-corrected chi connectivity index (χ0v) is 15.7. The number of para-hydroxylation sites is 2. The van der Waals surface area contributed by atoms with Crippen LogP contribution < -0.4 is 10.6 Å². The summed E-state index contributed by atoms with van der Waals surface area (Å²) in [6, 6.07) is 34.7. The van der Waals surface area contributed by atoms with E-state index in [-0.39, 0.29) is 0 Å². The van der Waals surface area contributed by atoms with E-state index in [1.165, 1.54) is 33.4 Å². The molecule has 0 atom stereocenters. The highest BCUT2D eigenvalue weighted by Gasteiger charge is 2.09. The van der Waals surface area contributed by atoms with Gasteiger partial charge in [-0.25, -0.2) is 0 Å². The van der Waals surface area contributed by atoms with Crippen molar-refractivity contribution in [2.75, 3.05) is 10.6 Å². The molecule has 2 N–H and O–H groups in total. The summed E-state index contributed by atoms with van der Waals surface area (Å²) < 4.78 is 0. The van der Waals surface area contributed by atoms with Crippen molar-refractivity contribution in [2.45, 2.75) is 13.1 Å². The summed E-state index contributed by atoms with van der Waals surface area (Å²) in [5, 5.41) is 7.29. The molecule has 0 amide bonds. The minimum Gasteiger partial charge on any atom is -0.380 e. The molecule has 0 saturated carbocycles. The van der Waals surface area contributed by atoms with Crippen LogP contribution in [0.15, 0.2) is 97.1 Å². The molecule has 4 aromatic carbocycles. The van der Waals surface area contributed by atoms with Gasteiger partial charge in [-0.1, -0.05) is 72.8 Å². The molecule has 2 nitrogen and oxygen atoms in total. The molecule has 1 aliphatic heterocycles. The summed E-state index contributed by atoms with van der Waals surface area (Å²) in [5.74, 6) is 0. The van der Waals surface area contributed by atoms with Gasteiger partial charge in [0, 0.05) is 35.6 Å². The Balaban J connectivity index is 1.65. The average molecular weight is 362 g/mol. The number of nitrogens with one attached hydrogen (secondary N) is 2. The van der Waals surface area contributed by atoms with Crippen molar-refractivity contribution in [3.63, 3.8) is 0 Å². The molecule has 136 valence electrons. The van der Waals surface area contributed by atoms with Crippen molar-refractivity contribution in [3.05, 3.63) is 108 Å². The van der Waals surface area contributed by atoms with E-state index in [1.807, 2.05) is 0 Å². The number of hydrogen-bond acceptors (Lipinski definition) is 2. The SMILES string of the molecule is c1cc2cc(c1)-c1ccccc1NCc1cccc(c1)-c1ccccc1NC2. The zero-order chi connectivity index (χ0) is 18.8. The lowest BCUT2D eigenvalue weighted by Crippen LogP contribution is -2.04. The van der Waals surface area contributed by atoms with Crippen molar-refractivity contribution in [1.82, 2.24) is 0 Å². The summed E-state index contributed by atoms with van der Waals surface area (Å²) in [5.41, 5.74) is 9.81. The van der Waals surface area contributed by atoms with Crippen molar-refractivity contribution < 1.29 is 0 Å². The van der Waals surface area contributed by atoms with E-state index < -0.39 is 0 Å². The molecule has 5 rings (SSSR count). The minimum atomic E-state index is 0.792. The third kappa shape index (κ3) is 3.25. The van der Waals surface area contributed by atoms with E-state index >= 15 is 0 Å². The van der Waals surface area contributed by atoms with Crippen LogP contribution in [0.1, 0.15) is 11.1 Å². The summed E-state index contributed by atoms with van der Waals surface area (Å²) in [4.78, 5) is 0. The van der Waals surface area contributed by atoms with Crippen molar-refractivity contribution in [2.24, 2.45) is 0 Å². The van der Waals surface area contributed by atoms with Crippen LogP contribution in [0, 0.1) is 0 Å². The standard InChI is InChI=1S/C26H22N2/c1-3-13-25-23(11-1)21-9-5-7-19(15-21)18-28-26-14-4-2-12-24(26)22-10-6-8-20(16-22)17-27-25/h1-16,27-28H,17-18H2. The van der Waals surface area contributed by atoms with Gasteiger partial charge in [-0.05, 0) is 46.5 Å². The number of hydrogen-bond donors (Lipinski definition) is 2. The van der Waals surface area contributed by atoms with E-state index in [4.69, 9.17) is 0 Å². The van der Waals surface area contributed by atoms with Gasteiger partial charge in [-0.15, -0.1) is 0 Å². The first kappa shape index (κ1) is 16.6. The second-order valence-electron chi connectivity index (χ2n) is 7.20. The van der Waals surface area contributed by atoms with E-state index in [9.17, 15) is 0 Å². The van der Waals surface area contributed by atoms with Gasteiger partial charge in [-0.2, -0.15) is 0 Å². The second kappa shape index (κ2) is 7.24. The van der Waals surface area contributed by atoms with E-state index in [2.05, 4.69) is 108 Å². The van der Waals surface area contributed by atoms with Crippen LogP contribution in [0.25, 0.3) is 22.3 Å². The van der Waals surface area contributed by atoms with Crippen molar-refractivity contribution in [1.29, 1.82) is 0 Å². The number of rotatable bonds is 0. The van der Waals surface area contributed by atoms with Crippen LogP contribution >= 0.6 is 0 Å². The van der Waals surface area contributed by atoms with E-state index in [0.29, 0.717) is 0 Å². The molecule has 0 unspecified atom stereocenters. The van der Waals surface area contributed by atoms with E-state index in [0.717, 1.165) is 24.5 Å². The van der Waals surface area contributed by atoms with Gasteiger partial charge in [0.25, 0.3) is 0 Å². The van der Waals surface area contributed by atoms with Gasteiger partial charge in [0.1, 0.15) is 0 Å². The first-order chi connectivity index (χ1) is 13.9. The maximum absolute atomic E-state index is 3.64. The molecule has 0 saturated heterocycles. The third-order valence-electron chi connectivity index (χ3n) is 5.30. The molecule has 2 heteroatoms. The molecule has 1 heterocycles. The molecule has 1 aliphatic rings. The highest BCUT2D eigenvalue weighted by molar-refractivity contribution is 5.80. The molecule has 0 fully saturated rings. The number of anilines is 2. The Morgan fingerprint density at radius 2 is 0.929 bits per heavy atom. The Morgan fingerprint density at radius 1 is 0.464 bits per heavy atom. The molecule has 4 bridgehead atoms. The maximum Gasteiger partial charge on any atom is 0.0422 e. The maximum atomic E-state index is 3.64. The van der Waals surface area contributed by atoms with Crippen LogP contribution in [0.5, 0.6) is 0 Å². The molecule has 4 aromatic rings. The highest BCUT2D eigenvalue weighted by Crippen LogP contribution is 2.32. The highest BCUT2D eigenvalue weighted by atomic mass is 14.9. The number of benzene rings is 4. The Morgan fingerprint density at radius 3 is 1.43 bits per heavy atom. The van der Waals surface area contributed by atoms with Gasteiger partial charge < -0.3 is 10.6 Å². The fourth-order valence-corrected chi connectivity index (χ4v) is 3.87. The Kier molecular flexibility index (Phi) is 4.30. The molecule has 0 radical (unpaired) electrons. The minimum absolute atomic E-state index is 0.792. The molecule has 0 aliphatic carbocycles. The van der Waals surface area contributed by atoms with Gasteiger partial charge in [0.15, 0.2) is 0 Å². The van der Waals surface area contributed by atoms with Crippen LogP contribution in [-0.4, -0.2) is 0 Å². The van der Waals surface area contributed by atoms with Gasteiger partial charge in [0.2, 0.25) is 0 Å². The zero-order valence-electron chi connectivity index (χ0n) is 15.7. The van der Waals surface area contributed by atoms with Crippen LogP contribution in [-0.2, 0) is 13.1 Å².